The molecular weight excluding hydrogens is 362 g/mol. The largest absolute Gasteiger partial charge is 0.497 e. The van der Waals surface area contributed by atoms with E-state index in [1.807, 2.05) is 6.07 Å². The molecule has 0 saturated carbocycles. The van der Waals surface area contributed by atoms with Crippen molar-refractivity contribution in [3.8, 4) is 5.75 Å². The fourth-order valence-corrected chi connectivity index (χ4v) is 3.79. The molecule has 5 heteroatoms. The lowest BCUT2D eigenvalue weighted by Gasteiger charge is -2.43. The summed E-state index contributed by atoms with van der Waals surface area (Å²) in [5, 5.41) is 4.13. The summed E-state index contributed by atoms with van der Waals surface area (Å²) in [4.78, 5) is 14.7. The van der Waals surface area contributed by atoms with Crippen molar-refractivity contribution in [2.45, 2.75) is 39.7 Å². The van der Waals surface area contributed by atoms with Crippen molar-refractivity contribution in [3.63, 3.8) is 0 Å². The number of carbonyl (C=O) groups excluding carboxylic acids is 1. The quantitative estimate of drug-likeness (QED) is 0.564. The molecule has 0 saturated heterocycles. The van der Waals surface area contributed by atoms with Crippen molar-refractivity contribution in [2.24, 2.45) is 5.10 Å². The van der Waals surface area contributed by atoms with Gasteiger partial charge in [0.1, 0.15) is 5.75 Å². The highest BCUT2D eigenvalue weighted by molar-refractivity contribution is 5.95. The van der Waals surface area contributed by atoms with E-state index in [0.29, 0.717) is 11.3 Å². The summed E-state index contributed by atoms with van der Waals surface area (Å²) >= 11 is 0. The zero-order valence-corrected chi connectivity index (χ0v) is 17.8. The third kappa shape index (κ3) is 4.50. The van der Waals surface area contributed by atoms with Crippen molar-refractivity contribution in [1.82, 2.24) is 5.43 Å². The maximum absolute atomic E-state index is 12.2. The summed E-state index contributed by atoms with van der Waals surface area (Å²) in [5.41, 5.74) is 7.77. The topological polar surface area (TPSA) is 53.9 Å². The Morgan fingerprint density at radius 3 is 2.59 bits per heavy atom. The first kappa shape index (κ1) is 20.6. The molecule has 1 heterocycles. The number of methoxy groups -OCH3 is 1. The van der Waals surface area contributed by atoms with Crippen LogP contribution in [0, 0.1) is 0 Å². The standard InChI is InChI=1S/C24H29N3O2/c1-6-13-27-22-12-7-18(14-21(22)17(2)15-24(27,3)4)16-25-26-23(28)19-8-10-20(29-5)11-9-19/h7-12,14-16H,6,13H2,1-5H3,(H,26,28)/b25-16-. The SMILES string of the molecule is CCCN1c2ccc(/C=N\NC(=O)c3ccc(OC)cc3)cc2C(C)=CC1(C)C. The highest BCUT2D eigenvalue weighted by Crippen LogP contribution is 2.39. The first-order chi connectivity index (χ1) is 13.9. The van der Waals surface area contributed by atoms with Crippen LogP contribution in [0.1, 0.15) is 55.6 Å². The van der Waals surface area contributed by atoms with Crippen LogP contribution in [0.5, 0.6) is 5.75 Å². The minimum atomic E-state index is -0.256. The van der Waals surface area contributed by atoms with E-state index in [0.717, 1.165) is 18.5 Å². The lowest BCUT2D eigenvalue weighted by atomic mass is 9.88. The van der Waals surface area contributed by atoms with Gasteiger partial charge >= 0.3 is 0 Å². The Morgan fingerprint density at radius 2 is 1.93 bits per heavy atom. The predicted octanol–water partition coefficient (Wildman–Crippen LogP) is 4.87. The molecule has 1 aliphatic heterocycles. The van der Waals surface area contributed by atoms with E-state index in [-0.39, 0.29) is 11.4 Å². The van der Waals surface area contributed by atoms with E-state index < -0.39 is 0 Å². The van der Waals surface area contributed by atoms with Gasteiger partial charge in [-0.2, -0.15) is 5.10 Å². The summed E-state index contributed by atoms with van der Waals surface area (Å²) in [7, 11) is 1.59. The van der Waals surface area contributed by atoms with Gasteiger partial charge in [-0.05, 0) is 74.7 Å². The van der Waals surface area contributed by atoms with Crippen molar-refractivity contribution >= 4 is 23.4 Å². The molecule has 0 fully saturated rings. The molecule has 0 atom stereocenters. The Labute approximate surface area is 173 Å². The molecule has 152 valence electrons. The Kier molecular flexibility index (Phi) is 6.06. The lowest BCUT2D eigenvalue weighted by Crippen LogP contribution is -2.45. The maximum Gasteiger partial charge on any atom is 0.271 e. The Bertz CT molecular complexity index is 943. The van der Waals surface area contributed by atoms with Gasteiger partial charge in [0, 0.05) is 23.4 Å². The van der Waals surface area contributed by atoms with Crippen LogP contribution in [-0.4, -0.2) is 31.3 Å². The molecule has 1 amide bonds. The number of amides is 1. The van der Waals surface area contributed by atoms with E-state index in [1.165, 1.54) is 16.8 Å². The summed E-state index contributed by atoms with van der Waals surface area (Å²) in [5.74, 6) is 0.455. The number of nitrogens with zero attached hydrogens (tertiary/aromatic N) is 2. The minimum Gasteiger partial charge on any atom is -0.497 e. The second-order valence-corrected chi connectivity index (χ2v) is 7.84. The number of fused-ring (bicyclic) bond motifs is 1. The highest BCUT2D eigenvalue weighted by Gasteiger charge is 2.30. The molecule has 0 aliphatic carbocycles. The van der Waals surface area contributed by atoms with Gasteiger partial charge in [-0.3, -0.25) is 4.79 Å². The normalized spacial score (nSPS) is 15.1. The number of benzene rings is 2. The number of rotatable bonds is 6. The van der Waals surface area contributed by atoms with Crippen molar-refractivity contribution in [3.05, 3.63) is 65.2 Å². The first-order valence-electron chi connectivity index (χ1n) is 9.94. The van der Waals surface area contributed by atoms with Crippen molar-refractivity contribution in [1.29, 1.82) is 0 Å². The Hall–Kier alpha value is -3.08. The van der Waals surface area contributed by atoms with Gasteiger partial charge in [-0.1, -0.05) is 19.1 Å². The zero-order chi connectivity index (χ0) is 21.0. The van der Waals surface area contributed by atoms with Gasteiger partial charge in [-0.25, -0.2) is 5.43 Å². The second-order valence-electron chi connectivity index (χ2n) is 7.84. The predicted molar refractivity (Wildman–Crippen MR) is 120 cm³/mol. The van der Waals surface area contributed by atoms with Gasteiger partial charge in [0.25, 0.3) is 5.91 Å². The molecule has 0 spiro atoms. The highest BCUT2D eigenvalue weighted by atomic mass is 16.5. The maximum atomic E-state index is 12.2. The number of ether oxygens (including phenoxy) is 1. The summed E-state index contributed by atoms with van der Waals surface area (Å²) in [6.45, 7) is 9.86. The van der Waals surface area contributed by atoms with Gasteiger partial charge in [0.15, 0.2) is 0 Å². The average Bonchev–Trinajstić information content (AvgIpc) is 2.71. The number of anilines is 1. The zero-order valence-electron chi connectivity index (χ0n) is 17.8. The molecule has 5 nitrogen and oxygen atoms in total. The fraction of sp³-hybridized carbons (Fsp3) is 0.333. The number of carbonyl (C=O) groups is 1. The van der Waals surface area contributed by atoms with E-state index in [9.17, 15) is 4.79 Å². The number of nitrogens with one attached hydrogen (secondary N) is 1. The summed E-state index contributed by atoms with van der Waals surface area (Å²) in [6.07, 6.45) is 5.09. The van der Waals surface area contributed by atoms with Crippen LogP contribution in [0.3, 0.4) is 0 Å². The van der Waals surface area contributed by atoms with Gasteiger partial charge in [0.2, 0.25) is 0 Å². The van der Waals surface area contributed by atoms with Crippen LogP contribution >= 0.6 is 0 Å². The third-order valence-corrected chi connectivity index (χ3v) is 5.18. The third-order valence-electron chi connectivity index (χ3n) is 5.18. The Morgan fingerprint density at radius 1 is 1.21 bits per heavy atom. The molecule has 29 heavy (non-hydrogen) atoms. The summed E-state index contributed by atoms with van der Waals surface area (Å²) < 4.78 is 5.11. The number of allylic oxidation sites excluding steroid dienone is 1. The van der Waals surface area contributed by atoms with E-state index in [1.54, 1.807) is 37.6 Å². The number of hydrogen-bond donors (Lipinski definition) is 1. The molecule has 0 radical (unpaired) electrons. The molecule has 3 rings (SSSR count). The van der Waals surface area contributed by atoms with E-state index in [2.05, 4.69) is 61.3 Å². The molecule has 1 N–H and O–H groups in total. The van der Waals surface area contributed by atoms with Crippen molar-refractivity contribution < 1.29 is 9.53 Å². The molecule has 0 unspecified atom stereocenters. The van der Waals surface area contributed by atoms with Crippen LogP contribution in [0.15, 0.2) is 53.6 Å². The first-order valence-corrected chi connectivity index (χ1v) is 9.94. The van der Waals surface area contributed by atoms with Crippen LogP contribution in [0.25, 0.3) is 5.57 Å². The molecule has 1 aliphatic rings. The second kappa shape index (κ2) is 8.52. The van der Waals surface area contributed by atoms with Crippen LogP contribution < -0.4 is 15.1 Å². The molecule has 0 bridgehead atoms. The lowest BCUT2D eigenvalue weighted by molar-refractivity contribution is 0.0955. The van der Waals surface area contributed by atoms with E-state index >= 15 is 0 Å². The van der Waals surface area contributed by atoms with Crippen molar-refractivity contribution in [2.75, 3.05) is 18.6 Å². The fourth-order valence-electron chi connectivity index (χ4n) is 3.79. The van der Waals surface area contributed by atoms with Gasteiger partial charge < -0.3 is 9.64 Å². The average molecular weight is 392 g/mol. The van der Waals surface area contributed by atoms with E-state index in [4.69, 9.17) is 4.74 Å². The minimum absolute atomic E-state index is 0.00492. The number of hydrogen-bond acceptors (Lipinski definition) is 4. The summed E-state index contributed by atoms with van der Waals surface area (Å²) in [6, 6.07) is 13.2. The van der Waals surface area contributed by atoms with Crippen LogP contribution in [0.2, 0.25) is 0 Å². The van der Waals surface area contributed by atoms with Gasteiger partial charge in [0.05, 0.1) is 18.9 Å². The Balaban J connectivity index is 1.75. The molecular formula is C24H29N3O2. The molecule has 2 aromatic rings. The van der Waals surface area contributed by atoms with Crippen LogP contribution in [-0.2, 0) is 0 Å². The van der Waals surface area contributed by atoms with Crippen LogP contribution in [0.4, 0.5) is 5.69 Å². The monoisotopic (exact) mass is 391 g/mol. The molecule has 2 aromatic carbocycles. The number of hydrazone groups is 1. The smallest absolute Gasteiger partial charge is 0.271 e. The van der Waals surface area contributed by atoms with Gasteiger partial charge in [-0.15, -0.1) is 0 Å². The molecule has 0 aromatic heterocycles.